The molecule has 3 nitrogen and oxygen atoms in total. The highest BCUT2D eigenvalue weighted by atomic mass is 32.1. The van der Waals surface area contributed by atoms with Crippen molar-refractivity contribution in [3.05, 3.63) is 59.0 Å². The first-order valence-corrected chi connectivity index (χ1v) is 10.5. The molecule has 0 saturated heterocycles. The van der Waals surface area contributed by atoms with Crippen LogP contribution < -0.4 is 4.74 Å². The number of carboxylic acid groups (broad SMARTS) is 1. The van der Waals surface area contributed by atoms with E-state index in [1.165, 1.54) is 11.3 Å². The molecule has 0 spiro atoms. The Kier molecular flexibility index (Phi) is 6.18. The second-order valence-electron chi connectivity index (χ2n) is 8.36. The van der Waals surface area contributed by atoms with Gasteiger partial charge in [-0.05, 0) is 47.2 Å². The summed E-state index contributed by atoms with van der Waals surface area (Å²) in [5.41, 5.74) is 2.52. The molecule has 164 valence electrons. The van der Waals surface area contributed by atoms with Gasteiger partial charge in [0.05, 0.1) is 0 Å². The molecule has 0 aliphatic heterocycles. The van der Waals surface area contributed by atoms with Crippen molar-refractivity contribution in [2.24, 2.45) is 0 Å². The third kappa shape index (κ3) is 5.47. The van der Waals surface area contributed by atoms with E-state index in [0.717, 1.165) is 32.2 Å². The van der Waals surface area contributed by atoms with Gasteiger partial charge in [-0.25, -0.2) is 4.79 Å². The zero-order valence-corrected chi connectivity index (χ0v) is 18.4. The van der Waals surface area contributed by atoms with Crippen molar-refractivity contribution in [3.63, 3.8) is 0 Å². The molecule has 0 saturated carbocycles. The quantitative estimate of drug-likeness (QED) is 0.417. The Labute approximate surface area is 182 Å². The summed E-state index contributed by atoms with van der Waals surface area (Å²) in [6, 6.07) is 12.8. The van der Waals surface area contributed by atoms with E-state index in [2.05, 4.69) is 0 Å². The van der Waals surface area contributed by atoms with E-state index in [-0.39, 0.29) is 11.2 Å². The van der Waals surface area contributed by atoms with Crippen molar-refractivity contribution in [3.8, 4) is 16.9 Å². The Morgan fingerprint density at radius 2 is 1.81 bits per heavy atom. The molecule has 31 heavy (non-hydrogen) atoms. The lowest BCUT2D eigenvalue weighted by Gasteiger charge is -2.22. The Balaban J connectivity index is 2.16. The molecule has 1 N–H and O–H groups in total. The van der Waals surface area contributed by atoms with Crippen LogP contribution in [0.1, 0.15) is 38.1 Å². The van der Waals surface area contributed by atoms with Crippen LogP contribution in [0.2, 0.25) is 0 Å². The van der Waals surface area contributed by atoms with Crippen LogP contribution in [0.15, 0.2) is 48.5 Å². The third-order valence-electron chi connectivity index (χ3n) is 4.82. The highest BCUT2D eigenvalue weighted by molar-refractivity contribution is 7.20. The van der Waals surface area contributed by atoms with E-state index in [4.69, 9.17) is 9.84 Å². The standard InChI is InChI=1S/C24H23F3O3S/c1-14(10-22(28)29)21-12-18-16(6-5-7-20(18)31-21)17-9-8-15(23(2,3)4)11-19(17)30-13-24(25,26)27/h5-12H,13H2,1-4H3,(H,28,29). The molecular weight excluding hydrogens is 425 g/mol. The molecule has 7 heteroatoms. The minimum Gasteiger partial charge on any atom is -0.483 e. The number of ether oxygens (including phenoxy) is 1. The van der Waals surface area contributed by atoms with Crippen molar-refractivity contribution in [1.29, 1.82) is 0 Å². The van der Waals surface area contributed by atoms with Crippen molar-refractivity contribution in [2.75, 3.05) is 6.61 Å². The number of rotatable bonds is 5. The number of alkyl halides is 3. The van der Waals surface area contributed by atoms with E-state index in [1.54, 1.807) is 19.1 Å². The summed E-state index contributed by atoms with van der Waals surface area (Å²) >= 11 is 1.43. The molecule has 1 heterocycles. The highest BCUT2D eigenvalue weighted by Gasteiger charge is 2.29. The van der Waals surface area contributed by atoms with E-state index in [0.29, 0.717) is 11.1 Å². The fraction of sp³-hybridized carbons (Fsp3) is 0.292. The van der Waals surface area contributed by atoms with Gasteiger partial charge in [0.25, 0.3) is 0 Å². The molecule has 0 unspecified atom stereocenters. The molecule has 0 aliphatic carbocycles. The van der Waals surface area contributed by atoms with Crippen LogP contribution in [0.25, 0.3) is 26.8 Å². The predicted octanol–water partition coefficient (Wildman–Crippen LogP) is 7.29. The average Bonchev–Trinajstić information content (AvgIpc) is 3.09. The lowest BCUT2D eigenvalue weighted by Crippen LogP contribution is -2.20. The number of benzene rings is 2. The first-order chi connectivity index (χ1) is 14.3. The Bertz CT molecular complexity index is 1150. The van der Waals surface area contributed by atoms with Gasteiger partial charge in [0, 0.05) is 26.6 Å². The number of fused-ring (bicyclic) bond motifs is 1. The fourth-order valence-electron chi connectivity index (χ4n) is 3.24. The van der Waals surface area contributed by atoms with Gasteiger partial charge in [-0.15, -0.1) is 11.3 Å². The number of halogens is 3. The molecule has 2 aromatic carbocycles. The molecule has 3 rings (SSSR count). The van der Waals surface area contributed by atoms with Crippen LogP contribution in [0.3, 0.4) is 0 Å². The molecule has 1 aromatic heterocycles. The fourth-order valence-corrected chi connectivity index (χ4v) is 4.30. The van der Waals surface area contributed by atoms with Crippen LogP contribution in [-0.4, -0.2) is 23.9 Å². The first-order valence-electron chi connectivity index (χ1n) is 9.64. The zero-order valence-electron chi connectivity index (χ0n) is 17.6. The maximum atomic E-state index is 12.9. The van der Waals surface area contributed by atoms with E-state index >= 15 is 0 Å². The molecule has 0 atom stereocenters. The van der Waals surface area contributed by atoms with E-state index in [1.807, 2.05) is 51.1 Å². The van der Waals surface area contributed by atoms with E-state index < -0.39 is 18.8 Å². The smallest absolute Gasteiger partial charge is 0.422 e. The van der Waals surface area contributed by atoms with Gasteiger partial charge < -0.3 is 9.84 Å². The monoisotopic (exact) mass is 448 g/mol. The summed E-state index contributed by atoms with van der Waals surface area (Å²) in [7, 11) is 0. The maximum absolute atomic E-state index is 12.9. The van der Waals surface area contributed by atoms with Gasteiger partial charge in [-0.2, -0.15) is 13.2 Å². The Morgan fingerprint density at radius 3 is 2.42 bits per heavy atom. The lowest BCUT2D eigenvalue weighted by molar-refractivity contribution is -0.153. The van der Waals surface area contributed by atoms with Crippen molar-refractivity contribution in [2.45, 2.75) is 39.3 Å². The lowest BCUT2D eigenvalue weighted by atomic mass is 9.85. The second-order valence-corrected chi connectivity index (χ2v) is 9.44. The minimum atomic E-state index is -4.45. The van der Waals surface area contributed by atoms with Crippen LogP contribution in [0, 0.1) is 0 Å². The van der Waals surface area contributed by atoms with Gasteiger partial charge >= 0.3 is 12.1 Å². The van der Waals surface area contributed by atoms with Gasteiger partial charge in [0.1, 0.15) is 5.75 Å². The largest absolute Gasteiger partial charge is 0.483 e. The average molecular weight is 449 g/mol. The second kappa shape index (κ2) is 8.38. The van der Waals surface area contributed by atoms with Gasteiger partial charge in [0.2, 0.25) is 0 Å². The van der Waals surface area contributed by atoms with Crippen LogP contribution in [0.5, 0.6) is 5.75 Å². The Hall–Kier alpha value is -2.80. The molecule has 0 aliphatic rings. The molecule has 0 radical (unpaired) electrons. The van der Waals surface area contributed by atoms with Crippen LogP contribution >= 0.6 is 11.3 Å². The van der Waals surface area contributed by atoms with Gasteiger partial charge in [0.15, 0.2) is 6.61 Å². The summed E-state index contributed by atoms with van der Waals surface area (Å²) < 4.78 is 44.8. The van der Waals surface area contributed by atoms with Crippen LogP contribution in [0.4, 0.5) is 13.2 Å². The van der Waals surface area contributed by atoms with Gasteiger partial charge in [-0.3, -0.25) is 0 Å². The summed E-state index contributed by atoms with van der Waals surface area (Å²) in [5.74, 6) is -0.862. The van der Waals surface area contributed by atoms with E-state index in [9.17, 15) is 18.0 Å². The SMILES string of the molecule is CC(=CC(=O)O)c1cc2c(-c3ccc(C(C)(C)C)cc3OCC(F)(F)F)cccc2s1. The van der Waals surface area contributed by atoms with Crippen molar-refractivity contribution >= 4 is 33.0 Å². The Morgan fingerprint density at radius 1 is 1.10 bits per heavy atom. The summed E-state index contributed by atoms with van der Waals surface area (Å²) in [5, 5.41) is 9.86. The number of hydrogen-bond donors (Lipinski definition) is 1. The first kappa shape index (κ1) is 22.9. The zero-order chi connectivity index (χ0) is 23.0. The number of aliphatic carboxylic acids is 1. The summed E-state index contributed by atoms with van der Waals surface area (Å²) in [6.45, 7) is 6.30. The molecule has 0 amide bonds. The normalized spacial score (nSPS) is 12.9. The third-order valence-corrected chi connectivity index (χ3v) is 6.05. The number of carboxylic acids is 1. The molecule has 0 fully saturated rings. The maximum Gasteiger partial charge on any atom is 0.422 e. The molecular formula is C24H23F3O3S. The number of allylic oxidation sites excluding steroid dienone is 1. The number of hydrogen-bond acceptors (Lipinski definition) is 3. The summed E-state index contributed by atoms with van der Waals surface area (Å²) in [4.78, 5) is 11.8. The van der Waals surface area contributed by atoms with Crippen LogP contribution in [-0.2, 0) is 10.2 Å². The summed E-state index contributed by atoms with van der Waals surface area (Å²) in [6.07, 6.45) is -3.31. The molecule has 3 aromatic rings. The van der Waals surface area contributed by atoms with Crippen molar-refractivity contribution < 1.29 is 27.8 Å². The van der Waals surface area contributed by atoms with Crippen molar-refractivity contribution in [1.82, 2.24) is 0 Å². The number of thiophene rings is 1. The minimum absolute atomic E-state index is 0.169. The van der Waals surface area contributed by atoms with Gasteiger partial charge in [-0.1, -0.05) is 45.0 Å². The highest BCUT2D eigenvalue weighted by Crippen LogP contribution is 2.41. The topological polar surface area (TPSA) is 46.5 Å². The number of carbonyl (C=O) groups is 1. The predicted molar refractivity (Wildman–Crippen MR) is 119 cm³/mol. The molecule has 0 bridgehead atoms.